The lowest BCUT2D eigenvalue weighted by Gasteiger charge is -2.29. The lowest BCUT2D eigenvalue weighted by molar-refractivity contribution is 0.314. The molecule has 2 unspecified atom stereocenters. The third-order valence-corrected chi connectivity index (χ3v) is 3.99. The fourth-order valence-corrected chi connectivity index (χ4v) is 2.99. The van der Waals surface area contributed by atoms with Gasteiger partial charge >= 0.3 is 0 Å². The van der Waals surface area contributed by atoms with Crippen LogP contribution in [0.3, 0.4) is 0 Å². The van der Waals surface area contributed by atoms with Gasteiger partial charge in [-0.3, -0.25) is 0 Å². The Balaban J connectivity index is 2.13. The van der Waals surface area contributed by atoms with Gasteiger partial charge in [-0.1, -0.05) is 50.5 Å². The fourth-order valence-electron chi connectivity index (χ4n) is 2.99. The van der Waals surface area contributed by atoms with E-state index in [4.69, 9.17) is 0 Å². The second kappa shape index (κ2) is 4.83. The van der Waals surface area contributed by atoms with Crippen LogP contribution in [0.2, 0.25) is 0 Å². The van der Waals surface area contributed by atoms with Crippen molar-refractivity contribution in [3.05, 3.63) is 35.4 Å². The first-order valence-electron chi connectivity index (χ1n) is 6.36. The van der Waals surface area contributed by atoms with Crippen molar-refractivity contribution in [3.8, 4) is 0 Å². The third kappa shape index (κ3) is 2.42. The highest BCUT2D eigenvalue weighted by atomic mass is 14.3. The van der Waals surface area contributed by atoms with E-state index in [1.165, 1.54) is 37.7 Å². The van der Waals surface area contributed by atoms with E-state index in [-0.39, 0.29) is 0 Å². The van der Waals surface area contributed by atoms with Crippen LogP contribution in [0.5, 0.6) is 0 Å². The molecule has 0 heteroatoms. The maximum atomic E-state index is 2.34. The van der Waals surface area contributed by atoms with E-state index in [9.17, 15) is 0 Å². The first kappa shape index (κ1) is 10.7. The van der Waals surface area contributed by atoms with Crippen molar-refractivity contribution in [2.75, 3.05) is 0 Å². The summed E-state index contributed by atoms with van der Waals surface area (Å²) < 4.78 is 0. The normalized spacial score (nSPS) is 26.5. The van der Waals surface area contributed by atoms with Gasteiger partial charge in [0.2, 0.25) is 0 Å². The van der Waals surface area contributed by atoms with Gasteiger partial charge in [-0.2, -0.15) is 0 Å². The average molecular weight is 202 g/mol. The number of hydrogen-bond acceptors (Lipinski definition) is 0. The zero-order valence-corrected chi connectivity index (χ0v) is 10.00. The molecule has 1 aromatic carbocycles. The first-order chi connectivity index (χ1) is 7.31. The van der Waals surface area contributed by atoms with E-state index in [1.807, 2.05) is 0 Å². The quantitative estimate of drug-likeness (QED) is 0.653. The molecule has 1 fully saturated rings. The molecule has 0 bridgehead atoms. The molecule has 0 radical (unpaired) electrons. The predicted octanol–water partition coefficient (Wildman–Crippen LogP) is 4.68. The van der Waals surface area contributed by atoms with Crippen LogP contribution in [-0.2, 0) is 0 Å². The lowest BCUT2D eigenvalue weighted by atomic mass is 9.76. The Morgan fingerprint density at radius 1 is 1.20 bits per heavy atom. The summed E-state index contributed by atoms with van der Waals surface area (Å²) in [6.45, 7) is 4.59. The molecule has 2 rings (SSSR count). The maximum absolute atomic E-state index is 2.34. The van der Waals surface area contributed by atoms with Crippen LogP contribution in [-0.4, -0.2) is 0 Å². The van der Waals surface area contributed by atoms with Gasteiger partial charge in [0.25, 0.3) is 0 Å². The van der Waals surface area contributed by atoms with Gasteiger partial charge in [-0.15, -0.1) is 0 Å². The summed E-state index contributed by atoms with van der Waals surface area (Å²) in [5, 5.41) is 0. The average Bonchev–Trinajstić information content (AvgIpc) is 2.30. The van der Waals surface area contributed by atoms with E-state index in [1.54, 1.807) is 5.56 Å². The molecule has 0 nitrogen and oxygen atoms in total. The molecule has 82 valence electrons. The predicted molar refractivity (Wildman–Crippen MR) is 66.2 cm³/mol. The van der Waals surface area contributed by atoms with Gasteiger partial charge in [0.05, 0.1) is 0 Å². The van der Waals surface area contributed by atoms with E-state index < -0.39 is 0 Å². The van der Waals surface area contributed by atoms with Crippen molar-refractivity contribution < 1.29 is 0 Å². The third-order valence-electron chi connectivity index (χ3n) is 3.99. The molecule has 0 heterocycles. The molecule has 0 N–H and O–H groups in total. The van der Waals surface area contributed by atoms with Crippen LogP contribution in [0.15, 0.2) is 24.3 Å². The molecule has 0 aliphatic heterocycles. The van der Waals surface area contributed by atoms with Gasteiger partial charge in [-0.05, 0) is 42.7 Å². The molecule has 1 saturated carbocycles. The number of benzene rings is 1. The van der Waals surface area contributed by atoms with Gasteiger partial charge < -0.3 is 0 Å². The highest BCUT2D eigenvalue weighted by Crippen LogP contribution is 2.38. The topological polar surface area (TPSA) is 0 Å². The summed E-state index contributed by atoms with van der Waals surface area (Å²) in [6.07, 6.45) is 7.07. The zero-order valence-electron chi connectivity index (χ0n) is 10.00. The van der Waals surface area contributed by atoms with Crippen LogP contribution in [0.4, 0.5) is 0 Å². The largest absolute Gasteiger partial charge is 0.0651 e. The van der Waals surface area contributed by atoms with Crippen molar-refractivity contribution in [2.24, 2.45) is 5.92 Å². The Labute approximate surface area is 93.7 Å². The minimum atomic E-state index is 0.838. The van der Waals surface area contributed by atoms with Gasteiger partial charge in [0.15, 0.2) is 0 Å². The first-order valence-corrected chi connectivity index (χ1v) is 6.36. The second-order valence-electron chi connectivity index (χ2n) is 4.99. The molecular formula is C15H22. The molecule has 0 aromatic heterocycles. The zero-order chi connectivity index (χ0) is 10.7. The van der Waals surface area contributed by atoms with Gasteiger partial charge in [0, 0.05) is 0 Å². The van der Waals surface area contributed by atoms with E-state index in [0.717, 1.165) is 11.8 Å². The van der Waals surface area contributed by atoms with Crippen molar-refractivity contribution in [2.45, 2.75) is 51.9 Å². The SMILES string of the molecule is CCC1CCCC(c2ccccc2C)C1. The highest BCUT2D eigenvalue weighted by Gasteiger charge is 2.22. The molecule has 0 amide bonds. The van der Waals surface area contributed by atoms with E-state index >= 15 is 0 Å². The fraction of sp³-hybridized carbons (Fsp3) is 0.600. The van der Waals surface area contributed by atoms with Crippen LogP contribution < -0.4 is 0 Å². The molecular weight excluding hydrogens is 180 g/mol. The van der Waals surface area contributed by atoms with Crippen molar-refractivity contribution >= 4 is 0 Å². The Bertz CT molecular complexity index is 314. The van der Waals surface area contributed by atoms with Gasteiger partial charge in [-0.25, -0.2) is 0 Å². The minimum absolute atomic E-state index is 0.838. The molecule has 1 aromatic rings. The summed E-state index contributed by atoms with van der Waals surface area (Å²) >= 11 is 0. The van der Waals surface area contributed by atoms with Crippen LogP contribution in [0.1, 0.15) is 56.1 Å². The molecule has 2 atom stereocenters. The molecule has 0 saturated heterocycles. The summed E-state index contributed by atoms with van der Waals surface area (Å²) in [5.74, 6) is 1.81. The van der Waals surface area contributed by atoms with E-state index in [2.05, 4.69) is 38.1 Å². The van der Waals surface area contributed by atoms with E-state index in [0.29, 0.717) is 0 Å². The number of rotatable bonds is 2. The Hall–Kier alpha value is -0.780. The summed E-state index contributed by atoms with van der Waals surface area (Å²) in [5.41, 5.74) is 3.09. The smallest absolute Gasteiger partial charge is 0.0157 e. The molecule has 15 heavy (non-hydrogen) atoms. The van der Waals surface area contributed by atoms with Crippen molar-refractivity contribution in [3.63, 3.8) is 0 Å². The minimum Gasteiger partial charge on any atom is -0.0651 e. The second-order valence-corrected chi connectivity index (χ2v) is 4.99. The van der Waals surface area contributed by atoms with Crippen molar-refractivity contribution in [1.82, 2.24) is 0 Å². The summed E-state index contributed by atoms with van der Waals surface area (Å²) in [4.78, 5) is 0. The monoisotopic (exact) mass is 202 g/mol. The van der Waals surface area contributed by atoms with Gasteiger partial charge in [0.1, 0.15) is 0 Å². The standard InChI is InChI=1S/C15H22/c1-3-13-8-6-9-14(11-13)15-10-5-4-7-12(15)2/h4-5,7,10,13-14H,3,6,8-9,11H2,1-2H3. The lowest BCUT2D eigenvalue weighted by Crippen LogP contribution is -2.14. The Morgan fingerprint density at radius 3 is 2.73 bits per heavy atom. The Kier molecular flexibility index (Phi) is 3.45. The molecule has 1 aliphatic carbocycles. The van der Waals surface area contributed by atoms with Crippen LogP contribution in [0.25, 0.3) is 0 Å². The molecule has 1 aliphatic rings. The maximum Gasteiger partial charge on any atom is -0.0157 e. The summed E-state index contributed by atoms with van der Waals surface area (Å²) in [6, 6.07) is 8.93. The Morgan fingerprint density at radius 2 is 2.00 bits per heavy atom. The number of hydrogen-bond donors (Lipinski definition) is 0. The summed E-state index contributed by atoms with van der Waals surface area (Å²) in [7, 11) is 0. The molecule has 0 spiro atoms. The highest BCUT2D eigenvalue weighted by molar-refractivity contribution is 5.29. The van der Waals surface area contributed by atoms with Crippen molar-refractivity contribution in [1.29, 1.82) is 0 Å². The van der Waals surface area contributed by atoms with Crippen LogP contribution >= 0.6 is 0 Å². The van der Waals surface area contributed by atoms with Crippen LogP contribution in [0, 0.1) is 12.8 Å². The number of aryl methyl sites for hydroxylation is 1.